The van der Waals surface area contributed by atoms with Gasteiger partial charge < -0.3 is 14.4 Å². The second kappa shape index (κ2) is 7.58. The van der Waals surface area contributed by atoms with Crippen molar-refractivity contribution in [2.24, 2.45) is 0 Å². The van der Waals surface area contributed by atoms with E-state index in [-0.39, 0.29) is 5.91 Å². The summed E-state index contributed by atoms with van der Waals surface area (Å²) < 4.78 is 11.6. The Bertz CT molecular complexity index is 804. The number of carbonyl (C=O) groups is 1. The molecule has 0 radical (unpaired) electrons. The average Bonchev–Trinajstić information content (AvgIpc) is 2.58. The topological polar surface area (TPSA) is 38.8 Å². The standard InChI is InChI=1S/C21H24ClNO3/c1-15-7-6-8-17(13-15)25-12-5-4-11-23-18-14-16(22)9-10-19(18)26-21(2,3)20(23)24/h6-10,13-14H,4-5,11-12H2,1-3H3. The number of benzene rings is 2. The molecular weight excluding hydrogens is 350 g/mol. The van der Waals surface area contributed by atoms with E-state index in [4.69, 9.17) is 21.1 Å². The SMILES string of the molecule is Cc1cccc(OCCCCN2C(=O)C(C)(C)Oc3ccc(Cl)cc32)c1. The minimum Gasteiger partial charge on any atom is -0.494 e. The van der Waals surface area contributed by atoms with Gasteiger partial charge in [0.25, 0.3) is 5.91 Å². The first-order valence-electron chi connectivity index (χ1n) is 8.87. The summed E-state index contributed by atoms with van der Waals surface area (Å²) in [5, 5.41) is 0.590. The highest BCUT2D eigenvalue weighted by atomic mass is 35.5. The molecule has 138 valence electrons. The molecule has 2 aromatic rings. The molecule has 0 atom stereocenters. The molecule has 4 nitrogen and oxygen atoms in total. The van der Waals surface area contributed by atoms with Gasteiger partial charge in [0, 0.05) is 11.6 Å². The average molecular weight is 374 g/mol. The van der Waals surface area contributed by atoms with Crippen molar-refractivity contribution in [2.75, 3.05) is 18.1 Å². The number of rotatable bonds is 6. The van der Waals surface area contributed by atoms with Gasteiger partial charge in [0.2, 0.25) is 0 Å². The predicted octanol–water partition coefficient (Wildman–Crippen LogP) is 5.01. The maximum atomic E-state index is 12.8. The quantitative estimate of drug-likeness (QED) is 0.668. The Morgan fingerprint density at radius 1 is 1.15 bits per heavy atom. The van der Waals surface area contributed by atoms with Crippen molar-refractivity contribution >= 4 is 23.2 Å². The number of hydrogen-bond acceptors (Lipinski definition) is 3. The van der Waals surface area contributed by atoms with Crippen LogP contribution in [0.25, 0.3) is 0 Å². The number of unbranched alkanes of at least 4 members (excludes halogenated alkanes) is 1. The Hall–Kier alpha value is -2.20. The Balaban J connectivity index is 1.60. The Morgan fingerprint density at radius 3 is 2.73 bits per heavy atom. The van der Waals surface area contributed by atoms with E-state index in [1.54, 1.807) is 30.9 Å². The maximum Gasteiger partial charge on any atom is 0.270 e. The van der Waals surface area contributed by atoms with Crippen molar-refractivity contribution in [1.82, 2.24) is 0 Å². The fraction of sp³-hybridized carbons (Fsp3) is 0.381. The van der Waals surface area contributed by atoms with Crippen molar-refractivity contribution in [3.05, 3.63) is 53.1 Å². The normalized spacial score (nSPS) is 15.4. The van der Waals surface area contributed by atoms with Crippen LogP contribution >= 0.6 is 11.6 Å². The second-order valence-corrected chi connectivity index (χ2v) is 7.49. The van der Waals surface area contributed by atoms with Gasteiger partial charge in [-0.05, 0) is 69.5 Å². The minimum atomic E-state index is -0.876. The zero-order valence-electron chi connectivity index (χ0n) is 15.4. The molecule has 0 saturated heterocycles. The maximum absolute atomic E-state index is 12.8. The van der Waals surface area contributed by atoms with Crippen LogP contribution in [0.15, 0.2) is 42.5 Å². The summed E-state index contributed by atoms with van der Waals surface area (Å²) in [7, 11) is 0. The summed E-state index contributed by atoms with van der Waals surface area (Å²) in [6, 6.07) is 13.4. The second-order valence-electron chi connectivity index (χ2n) is 7.05. The lowest BCUT2D eigenvalue weighted by molar-refractivity contribution is -0.132. The lowest BCUT2D eigenvalue weighted by Gasteiger charge is -2.38. The zero-order valence-corrected chi connectivity index (χ0v) is 16.2. The summed E-state index contributed by atoms with van der Waals surface area (Å²) in [6.07, 6.45) is 1.69. The van der Waals surface area contributed by atoms with E-state index in [2.05, 4.69) is 0 Å². The fourth-order valence-corrected chi connectivity index (χ4v) is 3.20. The molecule has 0 saturated carbocycles. The molecule has 5 heteroatoms. The third-order valence-electron chi connectivity index (χ3n) is 4.37. The van der Waals surface area contributed by atoms with E-state index in [1.165, 1.54) is 5.56 Å². The van der Waals surface area contributed by atoms with Crippen LogP contribution in [-0.2, 0) is 4.79 Å². The largest absolute Gasteiger partial charge is 0.494 e. The minimum absolute atomic E-state index is 0.0492. The Morgan fingerprint density at radius 2 is 1.96 bits per heavy atom. The molecular formula is C21H24ClNO3. The van der Waals surface area contributed by atoms with Crippen LogP contribution in [-0.4, -0.2) is 24.7 Å². The molecule has 26 heavy (non-hydrogen) atoms. The van der Waals surface area contributed by atoms with E-state index in [0.29, 0.717) is 23.9 Å². The number of ether oxygens (including phenoxy) is 2. The lowest BCUT2D eigenvalue weighted by Crippen LogP contribution is -2.52. The monoisotopic (exact) mass is 373 g/mol. The van der Waals surface area contributed by atoms with Crippen molar-refractivity contribution in [2.45, 2.75) is 39.2 Å². The number of nitrogens with zero attached hydrogens (tertiary/aromatic N) is 1. The van der Waals surface area contributed by atoms with E-state index < -0.39 is 5.60 Å². The van der Waals surface area contributed by atoms with Gasteiger partial charge in [-0.25, -0.2) is 0 Å². The van der Waals surface area contributed by atoms with Crippen LogP contribution in [0.2, 0.25) is 5.02 Å². The van der Waals surface area contributed by atoms with Crippen LogP contribution in [0.1, 0.15) is 32.3 Å². The number of anilines is 1. The number of aryl methyl sites for hydroxylation is 1. The number of carbonyl (C=O) groups excluding carboxylic acids is 1. The summed E-state index contributed by atoms with van der Waals surface area (Å²) >= 11 is 6.11. The third kappa shape index (κ3) is 4.13. The number of halogens is 1. The molecule has 1 aliphatic heterocycles. The third-order valence-corrected chi connectivity index (χ3v) is 4.61. The van der Waals surface area contributed by atoms with Gasteiger partial charge in [-0.1, -0.05) is 23.7 Å². The summed E-state index contributed by atoms with van der Waals surface area (Å²) in [5.41, 5.74) is 1.04. The molecule has 2 aromatic carbocycles. The molecule has 3 rings (SSSR count). The first-order valence-corrected chi connectivity index (χ1v) is 9.24. The smallest absolute Gasteiger partial charge is 0.270 e. The molecule has 0 bridgehead atoms. The van der Waals surface area contributed by atoms with Gasteiger partial charge >= 0.3 is 0 Å². The molecule has 0 aliphatic carbocycles. The summed E-state index contributed by atoms with van der Waals surface area (Å²) in [5.74, 6) is 1.52. The first kappa shape index (κ1) is 18.6. The predicted molar refractivity (Wildman–Crippen MR) is 104 cm³/mol. The Kier molecular flexibility index (Phi) is 5.42. The molecule has 1 aliphatic rings. The van der Waals surface area contributed by atoms with Gasteiger partial charge in [-0.2, -0.15) is 0 Å². The highest BCUT2D eigenvalue weighted by Crippen LogP contribution is 2.39. The summed E-state index contributed by atoms with van der Waals surface area (Å²) in [4.78, 5) is 14.5. The van der Waals surface area contributed by atoms with Crippen LogP contribution in [0.5, 0.6) is 11.5 Å². The van der Waals surface area contributed by atoms with Crippen molar-refractivity contribution in [3.63, 3.8) is 0 Å². The van der Waals surface area contributed by atoms with Gasteiger partial charge in [0.1, 0.15) is 11.5 Å². The van der Waals surface area contributed by atoms with E-state index in [0.717, 1.165) is 24.3 Å². The van der Waals surface area contributed by atoms with Gasteiger partial charge in [-0.3, -0.25) is 4.79 Å². The van der Waals surface area contributed by atoms with Crippen molar-refractivity contribution < 1.29 is 14.3 Å². The van der Waals surface area contributed by atoms with Crippen LogP contribution in [0.3, 0.4) is 0 Å². The highest BCUT2D eigenvalue weighted by Gasteiger charge is 2.40. The van der Waals surface area contributed by atoms with Gasteiger partial charge in [-0.15, -0.1) is 0 Å². The van der Waals surface area contributed by atoms with E-state index in [1.807, 2.05) is 37.3 Å². The molecule has 0 spiro atoms. The van der Waals surface area contributed by atoms with Crippen molar-refractivity contribution in [3.8, 4) is 11.5 Å². The van der Waals surface area contributed by atoms with Crippen LogP contribution < -0.4 is 14.4 Å². The Labute approximate surface area is 159 Å². The van der Waals surface area contributed by atoms with E-state index >= 15 is 0 Å². The number of fused-ring (bicyclic) bond motifs is 1. The number of hydrogen-bond donors (Lipinski definition) is 0. The van der Waals surface area contributed by atoms with Crippen LogP contribution in [0.4, 0.5) is 5.69 Å². The van der Waals surface area contributed by atoms with Crippen LogP contribution in [0, 0.1) is 6.92 Å². The van der Waals surface area contributed by atoms with E-state index in [9.17, 15) is 4.79 Å². The molecule has 0 unspecified atom stereocenters. The van der Waals surface area contributed by atoms with Gasteiger partial charge in [0.05, 0.1) is 12.3 Å². The fourth-order valence-electron chi connectivity index (χ4n) is 3.03. The number of amides is 1. The molecule has 1 amide bonds. The molecule has 1 heterocycles. The first-order chi connectivity index (χ1) is 12.4. The zero-order chi connectivity index (χ0) is 18.7. The molecule has 0 N–H and O–H groups in total. The highest BCUT2D eigenvalue weighted by molar-refractivity contribution is 6.31. The molecule has 0 aromatic heterocycles. The summed E-state index contributed by atoms with van der Waals surface area (Å²) in [6.45, 7) is 6.85. The van der Waals surface area contributed by atoms with Gasteiger partial charge in [0.15, 0.2) is 5.60 Å². The van der Waals surface area contributed by atoms with Crippen molar-refractivity contribution in [1.29, 1.82) is 0 Å². The molecule has 0 fully saturated rings. The lowest BCUT2D eigenvalue weighted by atomic mass is 10.0.